The van der Waals surface area contributed by atoms with Crippen molar-refractivity contribution in [2.75, 3.05) is 0 Å². The molecular weight excluding hydrogens is 160 g/mol. The van der Waals surface area contributed by atoms with Gasteiger partial charge in [0.2, 0.25) is 0 Å². The average Bonchev–Trinajstić information content (AvgIpc) is 2.95. The Hall–Kier alpha value is -1.63. The molecule has 0 N–H and O–H groups in total. The summed E-state index contributed by atoms with van der Waals surface area (Å²) in [5.41, 5.74) is 3.58. The number of carbonyl (C=O) groups excluding carboxylic acids is 1. The van der Waals surface area contributed by atoms with Crippen molar-refractivity contribution in [1.82, 2.24) is 0 Å². The lowest BCUT2D eigenvalue weighted by molar-refractivity contribution is 0.112. The first-order valence-corrected chi connectivity index (χ1v) is 4.39. The Bertz CT molecular complexity index is 512. The van der Waals surface area contributed by atoms with Gasteiger partial charge in [-0.3, -0.25) is 4.79 Å². The molecule has 0 heterocycles. The summed E-state index contributed by atoms with van der Waals surface area (Å²) in [5, 5.41) is 2.34. The summed E-state index contributed by atoms with van der Waals surface area (Å²) < 4.78 is 0. The average molecular weight is 168 g/mol. The molecule has 62 valence electrons. The van der Waals surface area contributed by atoms with Gasteiger partial charge in [-0.2, -0.15) is 0 Å². The van der Waals surface area contributed by atoms with Crippen LogP contribution in [0.2, 0.25) is 0 Å². The van der Waals surface area contributed by atoms with E-state index < -0.39 is 0 Å². The fraction of sp³-hybridized carbons (Fsp3) is 0.0833. The summed E-state index contributed by atoms with van der Waals surface area (Å²) in [6.07, 6.45) is 2.01. The monoisotopic (exact) mass is 168 g/mol. The number of aldehydes is 1. The first-order chi connectivity index (χ1) is 6.40. The smallest absolute Gasteiger partial charge is 0.150 e. The first-order valence-electron chi connectivity index (χ1n) is 4.39. The van der Waals surface area contributed by atoms with Crippen LogP contribution in [0.3, 0.4) is 0 Å². The topological polar surface area (TPSA) is 17.1 Å². The van der Waals surface area contributed by atoms with Crippen LogP contribution in [0.1, 0.15) is 21.5 Å². The minimum absolute atomic E-state index is 0.826. The van der Waals surface area contributed by atoms with Crippen LogP contribution in [0.15, 0.2) is 30.3 Å². The maximum Gasteiger partial charge on any atom is 0.150 e. The fourth-order valence-corrected chi connectivity index (χ4v) is 1.91. The summed E-state index contributed by atoms with van der Waals surface area (Å²) in [4.78, 5) is 10.8. The standard InChI is InChI=1S/C12H8O/c13-7-9-5-8-6-12(8)11-4-2-1-3-10(9)11/h1-5,7H,6H2. The largest absolute Gasteiger partial charge is 0.298 e. The van der Waals surface area contributed by atoms with Gasteiger partial charge < -0.3 is 0 Å². The lowest BCUT2D eigenvalue weighted by Gasteiger charge is -1.97. The van der Waals surface area contributed by atoms with Gasteiger partial charge in [0, 0.05) is 5.56 Å². The van der Waals surface area contributed by atoms with Crippen LogP contribution in [-0.2, 0) is 6.42 Å². The predicted molar refractivity (Wildman–Crippen MR) is 52.1 cm³/mol. The third-order valence-corrected chi connectivity index (χ3v) is 2.65. The van der Waals surface area contributed by atoms with Crippen molar-refractivity contribution in [3.63, 3.8) is 0 Å². The third-order valence-electron chi connectivity index (χ3n) is 2.65. The fourth-order valence-electron chi connectivity index (χ4n) is 1.91. The summed E-state index contributed by atoms with van der Waals surface area (Å²) in [5.74, 6) is 0. The molecular formula is C12H8O. The van der Waals surface area contributed by atoms with Crippen molar-refractivity contribution in [2.24, 2.45) is 0 Å². The predicted octanol–water partition coefficient (Wildman–Crippen LogP) is 2.56. The second-order valence-electron chi connectivity index (χ2n) is 3.44. The lowest BCUT2D eigenvalue weighted by Crippen LogP contribution is -1.81. The quantitative estimate of drug-likeness (QED) is 0.510. The number of rotatable bonds is 1. The van der Waals surface area contributed by atoms with E-state index in [4.69, 9.17) is 0 Å². The minimum atomic E-state index is 0.826. The van der Waals surface area contributed by atoms with E-state index in [0.717, 1.165) is 23.7 Å². The number of hydrogen-bond donors (Lipinski definition) is 0. The van der Waals surface area contributed by atoms with Crippen LogP contribution in [0.5, 0.6) is 0 Å². The molecule has 0 spiro atoms. The van der Waals surface area contributed by atoms with Gasteiger partial charge in [-0.05, 0) is 34.4 Å². The molecule has 1 nitrogen and oxygen atoms in total. The Morgan fingerprint density at radius 2 is 1.92 bits per heavy atom. The zero-order valence-corrected chi connectivity index (χ0v) is 7.08. The van der Waals surface area contributed by atoms with Crippen LogP contribution < -0.4 is 0 Å². The normalized spacial score (nSPS) is 12.6. The van der Waals surface area contributed by atoms with Gasteiger partial charge in [0.1, 0.15) is 0 Å². The molecule has 1 aliphatic carbocycles. The van der Waals surface area contributed by atoms with Gasteiger partial charge in [0.05, 0.1) is 0 Å². The van der Waals surface area contributed by atoms with E-state index in [1.165, 1.54) is 16.5 Å². The molecule has 13 heavy (non-hydrogen) atoms. The Morgan fingerprint density at radius 1 is 1.15 bits per heavy atom. The third kappa shape index (κ3) is 0.842. The lowest BCUT2D eigenvalue weighted by atomic mass is 10.1. The molecule has 0 radical (unpaired) electrons. The van der Waals surface area contributed by atoms with Crippen molar-refractivity contribution in [3.8, 4) is 0 Å². The Balaban J connectivity index is 2.52. The van der Waals surface area contributed by atoms with E-state index in [0.29, 0.717) is 0 Å². The molecule has 0 aliphatic heterocycles. The molecule has 0 unspecified atom stereocenters. The SMILES string of the molecule is O=Cc1cc2c(c3ccccc13)C2. The Morgan fingerprint density at radius 3 is 2.69 bits per heavy atom. The van der Waals surface area contributed by atoms with Crippen molar-refractivity contribution in [3.05, 3.63) is 47.0 Å². The molecule has 0 fully saturated rings. The molecule has 0 saturated carbocycles. The van der Waals surface area contributed by atoms with Crippen molar-refractivity contribution >= 4 is 17.1 Å². The van der Waals surface area contributed by atoms with Crippen LogP contribution in [-0.4, -0.2) is 6.29 Å². The highest BCUT2D eigenvalue weighted by molar-refractivity contribution is 6.02. The number of carbonyl (C=O) groups is 1. The van der Waals surface area contributed by atoms with Gasteiger partial charge in [-0.25, -0.2) is 0 Å². The summed E-state index contributed by atoms with van der Waals surface area (Å²) >= 11 is 0. The molecule has 2 aromatic rings. The minimum Gasteiger partial charge on any atom is -0.298 e. The number of benzene rings is 2. The second kappa shape index (κ2) is 2.19. The second-order valence-corrected chi connectivity index (χ2v) is 3.44. The van der Waals surface area contributed by atoms with E-state index in [2.05, 4.69) is 6.07 Å². The molecule has 3 rings (SSSR count). The van der Waals surface area contributed by atoms with E-state index in [-0.39, 0.29) is 0 Å². The van der Waals surface area contributed by atoms with Crippen molar-refractivity contribution < 1.29 is 4.79 Å². The molecule has 0 bridgehead atoms. The zero-order valence-electron chi connectivity index (χ0n) is 7.08. The number of hydrogen-bond acceptors (Lipinski definition) is 1. The van der Waals surface area contributed by atoms with Crippen molar-refractivity contribution in [2.45, 2.75) is 6.42 Å². The molecule has 0 saturated heterocycles. The van der Waals surface area contributed by atoms with Gasteiger partial charge >= 0.3 is 0 Å². The van der Waals surface area contributed by atoms with Gasteiger partial charge in [0.15, 0.2) is 6.29 Å². The van der Waals surface area contributed by atoms with Crippen molar-refractivity contribution in [1.29, 1.82) is 0 Å². The van der Waals surface area contributed by atoms with Gasteiger partial charge in [-0.1, -0.05) is 24.3 Å². The van der Waals surface area contributed by atoms with E-state index in [1.54, 1.807) is 0 Å². The summed E-state index contributed by atoms with van der Waals surface area (Å²) in [6.45, 7) is 0. The van der Waals surface area contributed by atoms with Crippen LogP contribution in [0, 0.1) is 0 Å². The first kappa shape index (κ1) is 6.84. The highest BCUT2D eigenvalue weighted by Crippen LogP contribution is 2.36. The zero-order chi connectivity index (χ0) is 8.84. The van der Waals surface area contributed by atoms with Gasteiger partial charge in [-0.15, -0.1) is 0 Å². The van der Waals surface area contributed by atoms with Gasteiger partial charge in [0.25, 0.3) is 0 Å². The van der Waals surface area contributed by atoms with E-state index >= 15 is 0 Å². The van der Waals surface area contributed by atoms with Crippen LogP contribution in [0.25, 0.3) is 10.8 Å². The summed E-state index contributed by atoms with van der Waals surface area (Å²) in [7, 11) is 0. The maximum absolute atomic E-state index is 10.8. The molecule has 0 amide bonds. The Labute approximate surface area is 76.0 Å². The molecule has 0 aromatic heterocycles. The highest BCUT2D eigenvalue weighted by atomic mass is 16.1. The maximum atomic E-state index is 10.8. The van der Waals surface area contributed by atoms with Crippen LogP contribution >= 0.6 is 0 Å². The summed E-state index contributed by atoms with van der Waals surface area (Å²) in [6, 6.07) is 10.1. The van der Waals surface area contributed by atoms with E-state index in [1.807, 2.05) is 24.3 Å². The molecule has 1 aliphatic rings. The highest BCUT2D eigenvalue weighted by Gasteiger charge is 2.21. The molecule has 0 atom stereocenters. The van der Waals surface area contributed by atoms with Crippen LogP contribution in [0.4, 0.5) is 0 Å². The van der Waals surface area contributed by atoms with E-state index in [9.17, 15) is 4.79 Å². The molecule has 1 heteroatoms. The number of fused-ring (bicyclic) bond motifs is 3. The Kier molecular flexibility index (Phi) is 1.15. The molecule has 2 aromatic carbocycles.